The summed E-state index contributed by atoms with van der Waals surface area (Å²) < 4.78 is 9.95. The first-order valence-electron chi connectivity index (χ1n) is 8.60. The molecule has 0 bridgehead atoms. The molecule has 7 heteroatoms. The smallest absolute Gasteiger partial charge is 0.416 e. The Labute approximate surface area is 164 Å². The van der Waals surface area contributed by atoms with E-state index >= 15 is 0 Å². The number of rotatable bonds is 3. The summed E-state index contributed by atoms with van der Waals surface area (Å²) in [7, 11) is 0.151. The minimum Gasteiger partial charge on any atom is -1.00 e. The lowest BCUT2D eigenvalue weighted by molar-refractivity contribution is -0.670. The Kier molecular flexibility index (Phi) is 7.49. The quantitative estimate of drug-likeness (QED) is 0.363. The van der Waals surface area contributed by atoms with E-state index in [1.807, 2.05) is 35.2 Å². The second kappa shape index (κ2) is 8.31. The first kappa shape index (κ1) is 21.6. The minimum atomic E-state index is -1.78. The number of nitrogens with zero attached hydrogens (tertiary/aromatic N) is 3. The molecule has 1 unspecified atom stereocenters. The van der Waals surface area contributed by atoms with Crippen molar-refractivity contribution in [1.29, 1.82) is 0 Å². The number of halogens is 1. The minimum absolute atomic E-state index is 0. The first-order valence-corrected chi connectivity index (χ1v) is 11.5. The van der Waals surface area contributed by atoms with Crippen molar-refractivity contribution in [2.75, 3.05) is 13.2 Å². The second-order valence-electron chi connectivity index (χ2n) is 8.18. The van der Waals surface area contributed by atoms with Gasteiger partial charge in [-0.2, -0.15) is 4.57 Å². The van der Waals surface area contributed by atoms with Crippen LogP contribution < -0.4 is 28.5 Å². The van der Waals surface area contributed by atoms with Crippen LogP contribution in [0.4, 0.5) is 4.79 Å². The van der Waals surface area contributed by atoms with Gasteiger partial charge >= 0.3 is 6.03 Å². The Balaban J connectivity index is 0.00000288. The van der Waals surface area contributed by atoms with Crippen molar-refractivity contribution in [3.05, 3.63) is 18.7 Å². The molecule has 1 aromatic rings. The highest BCUT2D eigenvalue weighted by Crippen LogP contribution is 2.37. The largest absolute Gasteiger partial charge is 1.00 e. The molecule has 0 aromatic carbocycles. The van der Waals surface area contributed by atoms with Crippen molar-refractivity contribution < 1.29 is 37.8 Å². The zero-order valence-corrected chi connectivity index (χ0v) is 19.0. The van der Waals surface area contributed by atoms with E-state index in [9.17, 15) is 4.79 Å². The molecule has 1 saturated heterocycles. The van der Waals surface area contributed by atoms with E-state index in [0.29, 0.717) is 6.61 Å². The van der Waals surface area contributed by atoms with E-state index in [0.717, 1.165) is 19.4 Å². The predicted molar refractivity (Wildman–Crippen MR) is 93.9 cm³/mol. The number of carbonyl (C=O) groups is 1. The molecule has 0 aliphatic carbocycles. The van der Waals surface area contributed by atoms with Gasteiger partial charge in [0.05, 0.1) is 19.7 Å². The van der Waals surface area contributed by atoms with Crippen LogP contribution in [0, 0.1) is 0 Å². The van der Waals surface area contributed by atoms with E-state index in [1.165, 1.54) is 6.42 Å². The Morgan fingerprint density at radius 3 is 2.54 bits per heavy atom. The summed E-state index contributed by atoms with van der Waals surface area (Å²) in [5, 5.41) is 0.199. The van der Waals surface area contributed by atoms with Crippen LogP contribution in [-0.4, -0.2) is 43.0 Å². The van der Waals surface area contributed by atoms with E-state index in [4.69, 9.17) is 4.43 Å². The van der Waals surface area contributed by atoms with Crippen molar-refractivity contribution in [2.45, 2.75) is 64.2 Å². The number of aryl methyl sites for hydroxylation is 1. The van der Waals surface area contributed by atoms with Gasteiger partial charge in [-0.1, -0.05) is 20.8 Å². The Morgan fingerprint density at radius 1 is 1.33 bits per heavy atom. The van der Waals surface area contributed by atoms with Gasteiger partial charge in [-0.15, -0.1) is 0 Å². The fraction of sp³-hybridized carbons (Fsp3) is 0.765. The van der Waals surface area contributed by atoms with Gasteiger partial charge in [0.25, 0.3) is 6.33 Å². The molecule has 24 heavy (non-hydrogen) atoms. The van der Waals surface area contributed by atoms with Crippen molar-refractivity contribution >= 4 is 14.3 Å². The molecule has 0 radical (unpaired) electrons. The zero-order valence-electron chi connectivity index (χ0n) is 15.9. The van der Waals surface area contributed by atoms with Crippen LogP contribution in [0.15, 0.2) is 18.7 Å². The number of imidazole rings is 1. The number of likely N-dealkylation sites (tertiary alicyclic amines) is 1. The van der Waals surface area contributed by atoms with Crippen LogP contribution >= 0.6 is 0 Å². The van der Waals surface area contributed by atoms with Gasteiger partial charge in [-0.3, -0.25) is 4.90 Å². The van der Waals surface area contributed by atoms with E-state index in [-0.39, 0.29) is 41.1 Å². The van der Waals surface area contributed by atoms with E-state index in [1.54, 1.807) is 4.57 Å². The molecular formula is C17H32IN3O2Si. The van der Waals surface area contributed by atoms with Gasteiger partial charge < -0.3 is 28.4 Å². The Bertz CT molecular complexity index is 554. The Morgan fingerprint density at radius 2 is 2.00 bits per heavy atom. The SMILES string of the molecule is C[n+]1ccn(C(=O)N2CCCCC2CO[Si](C)(C)C(C)(C)C)c1.[I-]. The number of carbonyl (C=O) groups excluding carboxylic acids is 1. The van der Waals surface area contributed by atoms with Gasteiger partial charge in [-0.05, 0) is 37.4 Å². The third kappa shape index (κ3) is 5.04. The lowest BCUT2D eigenvalue weighted by atomic mass is 10.0. The summed E-state index contributed by atoms with van der Waals surface area (Å²) in [6, 6.07) is 0.257. The van der Waals surface area contributed by atoms with Gasteiger partial charge in [0, 0.05) is 6.54 Å². The van der Waals surface area contributed by atoms with Crippen molar-refractivity contribution in [3.8, 4) is 0 Å². The molecule has 1 amide bonds. The normalized spacial score (nSPS) is 19.1. The van der Waals surface area contributed by atoms with E-state index in [2.05, 4.69) is 33.9 Å². The molecule has 2 rings (SSSR count). The summed E-state index contributed by atoms with van der Waals surface area (Å²) >= 11 is 0. The summed E-state index contributed by atoms with van der Waals surface area (Å²) in [4.78, 5) is 14.8. The summed E-state index contributed by atoms with van der Waals surface area (Å²) in [6.45, 7) is 12.8. The monoisotopic (exact) mass is 465 g/mol. The molecule has 2 heterocycles. The summed E-state index contributed by atoms with van der Waals surface area (Å²) in [5.74, 6) is 0. The van der Waals surface area contributed by atoms with Crippen LogP contribution in [0.3, 0.4) is 0 Å². The van der Waals surface area contributed by atoms with Crippen LogP contribution in [0.5, 0.6) is 0 Å². The number of amides is 1. The van der Waals surface area contributed by atoms with Crippen molar-refractivity contribution in [2.24, 2.45) is 7.05 Å². The number of aromatic nitrogens is 2. The highest BCUT2D eigenvalue weighted by atomic mass is 127. The third-order valence-electron chi connectivity index (χ3n) is 5.31. The fourth-order valence-corrected chi connectivity index (χ4v) is 3.70. The molecule has 5 nitrogen and oxygen atoms in total. The number of hydrogen-bond donors (Lipinski definition) is 0. The van der Waals surface area contributed by atoms with E-state index < -0.39 is 8.32 Å². The number of hydrogen-bond acceptors (Lipinski definition) is 2. The molecule has 0 N–H and O–H groups in total. The fourth-order valence-electron chi connectivity index (χ4n) is 2.66. The lowest BCUT2D eigenvalue weighted by Crippen LogP contribution is -3.00. The highest BCUT2D eigenvalue weighted by molar-refractivity contribution is 6.74. The average molecular weight is 465 g/mol. The van der Waals surface area contributed by atoms with Gasteiger partial charge in [-0.25, -0.2) is 9.36 Å². The Hall–Kier alpha value is -0.413. The maximum Gasteiger partial charge on any atom is 0.416 e. The third-order valence-corrected chi connectivity index (χ3v) is 9.81. The molecular weight excluding hydrogens is 433 g/mol. The zero-order chi connectivity index (χ0) is 17.3. The van der Waals surface area contributed by atoms with Gasteiger partial charge in [0.15, 0.2) is 8.32 Å². The summed E-state index contributed by atoms with van der Waals surface area (Å²) in [5.41, 5.74) is 0. The molecule has 0 spiro atoms. The predicted octanol–water partition coefficient (Wildman–Crippen LogP) is 0.161. The standard InChI is InChI=1S/C17H32N3O2Si.HI/c1-17(2,3)23(5,6)22-13-15-9-7-8-10-20(15)16(21)19-12-11-18(4)14-19;/h11-12,14-15H,7-10,13H2,1-6H3;1H/q+1;/p-1. The molecule has 0 saturated carbocycles. The molecule has 1 aromatic heterocycles. The topological polar surface area (TPSA) is 38.3 Å². The van der Waals surface area contributed by atoms with Crippen LogP contribution in [0.25, 0.3) is 0 Å². The van der Waals surface area contributed by atoms with Crippen molar-refractivity contribution in [1.82, 2.24) is 9.47 Å². The molecule has 1 aliphatic rings. The number of piperidine rings is 1. The van der Waals surface area contributed by atoms with Crippen molar-refractivity contribution in [3.63, 3.8) is 0 Å². The lowest BCUT2D eigenvalue weighted by Gasteiger charge is -2.40. The summed E-state index contributed by atoms with van der Waals surface area (Å²) in [6.07, 6.45) is 8.83. The van der Waals surface area contributed by atoms with Crippen LogP contribution in [-0.2, 0) is 11.5 Å². The maximum atomic E-state index is 12.8. The highest BCUT2D eigenvalue weighted by Gasteiger charge is 2.39. The first-order chi connectivity index (χ1) is 10.6. The average Bonchev–Trinajstić information content (AvgIpc) is 2.90. The maximum absolute atomic E-state index is 12.8. The van der Waals surface area contributed by atoms with Crippen LogP contribution in [0.1, 0.15) is 40.0 Å². The van der Waals surface area contributed by atoms with Gasteiger partial charge in [0.2, 0.25) is 0 Å². The molecule has 1 fully saturated rings. The molecule has 1 atom stereocenters. The van der Waals surface area contributed by atoms with Crippen LogP contribution in [0.2, 0.25) is 18.1 Å². The van der Waals surface area contributed by atoms with Gasteiger partial charge in [0.1, 0.15) is 12.4 Å². The second-order valence-corrected chi connectivity index (χ2v) is 13.0. The molecule has 1 aliphatic heterocycles. The molecule has 138 valence electrons.